The molecule has 2 aromatic carbocycles. The van der Waals surface area contributed by atoms with Crippen LogP contribution in [0.1, 0.15) is 30.9 Å². The monoisotopic (exact) mass is 600 g/mol. The molecule has 3 heteroatoms. The molecule has 0 amide bonds. The van der Waals surface area contributed by atoms with Gasteiger partial charge in [0.1, 0.15) is 0 Å². The maximum atomic E-state index is 3.95. The molecule has 0 spiro atoms. The van der Waals surface area contributed by atoms with Crippen LogP contribution in [0.3, 0.4) is 0 Å². The first-order valence-electron chi connectivity index (χ1n) is 11.9. The third kappa shape index (κ3) is 15.3. The Morgan fingerprint density at radius 2 is 1.06 bits per heavy atom. The van der Waals surface area contributed by atoms with Crippen LogP contribution < -0.4 is 0 Å². The Balaban J connectivity index is 0.000000642. The van der Waals surface area contributed by atoms with Gasteiger partial charge in [-0.3, -0.25) is 0 Å². The van der Waals surface area contributed by atoms with E-state index in [1.807, 2.05) is 24.3 Å². The van der Waals surface area contributed by atoms with Crippen LogP contribution in [0, 0.1) is 0 Å². The van der Waals surface area contributed by atoms with E-state index in [1.54, 1.807) is 0 Å². The van der Waals surface area contributed by atoms with Crippen molar-refractivity contribution < 1.29 is 0 Å². The fraction of sp³-hybridized carbons (Fsp3) is 0.290. The quantitative estimate of drug-likeness (QED) is 0.158. The molecule has 0 heterocycles. The molecule has 0 unspecified atom stereocenters. The number of benzene rings is 2. The van der Waals surface area contributed by atoms with E-state index in [0.717, 1.165) is 28.2 Å². The topological polar surface area (TPSA) is 0 Å². The molecule has 0 fully saturated rings. The van der Waals surface area contributed by atoms with Crippen LogP contribution in [0.25, 0.3) is 0 Å². The molecule has 0 radical (unpaired) electrons. The van der Waals surface area contributed by atoms with E-state index in [9.17, 15) is 0 Å². The molecule has 0 aromatic heterocycles. The molecule has 2 aromatic rings. The lowest BCUT2D eigenvalue weighted by Crippen LogP contribution is -2.31. The summed E-state index contributed by atoms with van der Waals surface area (Å²) in [5, 5.41) is 0. The summed E-state index contributed by atoms with van der Waals surface area (Å²) in [6.07, 6.45) is 14.5. The normalized spacial score (nSPS) is 9.97. The minimum atomic E-state index is -1.32. The first-order chi connectivity index (χ1) is 16.4. The predicted octanol–water partition coefficient (Wildman–Crippen LogP) is 11.1. The summed E-state index contributed by atoms with van der Waals surface area (Å²) in [5.74, 6) is 0. The average molecular weight is 603 g/mol. The van der Waals surface area contributed by atoms with Crippen molar-refractivity contribution in [1.82, 2.24) is 0 Å². The van der Waals surface area contributed by atoms with Gasteiger partial charge in [0.05, 0.1) is 8.07 Å². The van der Waals surface area contributed by atoms with Crippen molar-refractivity contribution in [1.29, 1.82) is 0 Å². The van der Waals surface area contributed by atoms with Crippen molar-refractivity contribution in [3.8, 4) is 0 Å². The van der Waals surface area contributed by atoms with E-state index in [0.29, 0.717) is 0 Å². The first kappa shape index (κ1) is 32.3. The van der Waals surface area contributed by atoms with Gasteiger partial charge in [-0.15, -0.1) is 32.9 Å². The first-order valence-corrected chi connectivity index (χ1v) is 16.3. The Kier molecular flexibility index (Phi) is 19.6. The van der Waals surface area contributed by atoms with E-state index in [4.69, 9.17) is 0 Å². The van der Waals surface area contributed by atoms with Crippen molar-refractivity contribution >= 4 is 39.9 Å². The van der Waals surface area contributed by atoms with Crippen LogP contribution in [-0.4, -0.2) is 8.07 Å². The minimum absolute atomic E-state index is 0.952. The van der Waals surface area contributed by atoms with E-state index < -0.39 is 8.07 Å². The van der Waals surface area contributed by atoms with Crippen molar-refractivity contribution in [2.75, 3.05) is 0 Å². The molecule has 0 aliphatic carbocycles. The number of aryl methyl sites for hydroxylation is 1. The number of allylic oxidation sites excluding steroid dienone is 5. The molecular weight excluding hydrogens is 560 g/mol. The third-order valence-corrected chi connectivity index (χ3v) is 11.3. The van der Waals surface area contributed by atoms with E-state index in [2.05, 4.69) is 126 Å². The second-order valence-electron chi connectivity index (χ2n) is 8.27. The van der Waals surface area contributed by atoms with Gasteiger partial charge in [0.25, 0.3) is 0 Å². The third-order valence-electron chi connectivity index (χ3n) is 5.40. The van der Waals surface area contributed by atoms with Crippen molar-refractivity contribution in [3.05, 3.63) is 132 Å². The summed E-state index contributed by atoms with van der Waals surface area (Å²) in [5.41, 5.74) is 2.73. The summed E-state index contributed by atoms with van der Waals surface area (Å²) in [6, 6.07) is 21.8. The molecule has 184 valence electrons. The maximum absolute atomic E-state index is 3.95. The second-order valence-corrected chi connectivity index (χ2v) is 14.8. The van der Waals surface area contributed by atoms with Crippen molar-refractivity contribution in [2.45, 2.75) is 56.8 Å². The van der Waals surface area contributed by atoms with Crippen LogP contribution in [0.4, 0.5) is 0 Å². The Bertz CT molecular complexity index is 808. The van der Waals surface area contributed by atoms with Gasteiger partial charge in [-0.25, -0.2) is 0 Å². The Morgan fingerprint density at radius 1 is 0.647 bits per heavy atom. The summed E-state index contributed by atoms with van der Waals surface area (Å²) in [6.45, 7) is 21.0. The number of hydrogen-bond acceptors (Lipinski definition) is 0. The summed E-state index contributed by atoms with van der Waals surface area (Å²) in [4.78, 5) is 0. The van der Waals surface area contributed by atoms with Crippen LogP contribution >= 0.6 is 31.9 Å². The lowest BCUT2D eigenvalue weighted by Gasteiger charge is -2.28. The van der Waals surface area contributed by atoms with Gasteiger partial charge >= 0.3 is 0 Å². The molecule has 0 atom stereocenters. The SMILES string of the molecule is C=CCC.C=CC[Si](CC=C)(CC=C)CCCc1ccc(Br)cc1.C=CCc1ccc(Br)cc1. The highest BCUT2D eigenvalue weighted by Gasteiger charge is 2.27. The standard InChI is InChI=1S/C18H25BrSi.C9H9Br.C4H8/c1-4-13-20(14-5-2,15-6-3)16-7-8-17-9-11-18(19)12-10-17;1-2-3-8-4-6-9(10)7-5-8;1-3-4-2/h4-6,9-12H,1-3,7-8,13-16H2;2,4-7H,1,3H2;3H,1,4H2,2H3. The van der Waals surface area contributed by atoms with Gasteiger partial charge in [0.15, 0.2) is 0 Å². The molecule has 0 saturated heterocycles. The highest BCUT2D eigenvalue weighted by molar-refractivity contribution is 9.10. The smallest absolute Gasteiger partial charge is 0.0648 e. The van der Waals surface area contributed by atoms with Crippen LogP contribution in [0.2, 0.25) is 24.2 Å². The van der Waals surface area contributed by atoms with Gasteiger partial charge in [0, 0.05) is 8.95 Å². The molecule has 0 bridgehead atoms. The molecule has 0 saturated carbocycles. The van der Waals surface area contributed by atoms with Crippen LogP contribution in [0.15, 0.2) is 121 Å². The van der Waals surface area contributed by atoms with E-state index in [-0.39, 0.29) is 0 Å². The van der Waals surface area contributed by atoms with Gasteiger partial charge in [0.2, 0.25) is 0 Å². The number of halogens is 2. The highest BCUT2D eigenvalue weighted by atomic mass is 79.9. The zero-order valence-electron chi connectivity index (χ0n) is 21.0. The molecule has 34 heavy (non-hydrogen) atoms. The minimum Gasteiger partial charge on any atom is -0.103 e. The van der Waals surface area contributed by atoms with Crippen LogP contribution in [0.5, 0.6) is 0 Å². The van der Waals surface area contributed by atoms with E-state index >= 15 is 0 Å². The molecule has 0 nitrogen and oxygen atoms in total. The number of rotatable bonds is 13. The van der Waals surface area contributed by atoms with Gasteiger partial charge < -0.3 is 0 Å². The van der Waals surface area contributed by atoms with Crippen LogP contribution in [-0.2, 0) is 12.8 Å². The lowest BCUT2D eigenvalue weighted by molar-refractivity contribution is 0.891. The Morgan fingerprint density at radius 3 is 1.41 bits per heavy atom. The van der Waals surface area contributed by atoms with Gasteiger partial charge in [-0.2, -0.15) is 0 Å². The Labute approximate surface area is 227 Å². The Hall–Kier alpha value is -1.68. The molecular formula is C31H42Br2Si. The highest BCUT2D eigenvalue weighted by Crippen LogP contribution is 2.29. The average Bonchev–Trinajstić information content (AvgIpc) is 2.83. The second kappa shape index (κ2) is 20.7. The van der Waals surface area contributed by atoms with Crippen molar-refractivity contribution in [2.24, 2.45) is 0 Å². The summed E-state index contributed by atoms with van der Waals surface area (Å²) < 4.78 is 2.27. The van der Waals surface area contributed by atoms with Crippen molar-refractivity contribution in [3.63, 3.8) is 0 Å². The fourth-order valence-electron chi connectivity index (χ4n) is 3.58. The zero-order chi connectivity index (χ0) is 25.7. The lowest BCUT2D eigenvalue weighted by atomic mass is 10.1. The molecule has 2 rings (SSSR count). The zero-order valence-corrected chi connectivity index (χ0v) is 25.1. The van der Waals surface area contributed by atoms with E-state index in [1.165, 1.54) is 41.7 Å². The predicted molar refractivity (Wildman–Crippen MR) is 167 cm³/mol. The largest absolute Gasteiger partial charge is 0.103 e. The van der Waals surface area contributed by atoms with Gasteiger partial charge in [-0.05, 0) is 72.8 Å². The summed E-state index contributed by atoms with van der Waals surface area (Å²) >= 11 is 6.85. The molecule has 0 aliphatic heterocycles. The van der Waals surface area contributed by atoms with Gasteiger partial charge in [-0.1, -0.05) is 106 Å². The summed E-state index contributed by atoms with van der Waals surface area (Å²) in [7, 11) is -1.32. The number of hydrogen-bond donors (Lipinski definition) is 0. The maximum Gasteiger partial charge on any atom is 0.0648 e. The molecule has 0 aliphatic rings. The fourth-order valence-corrected chi connectivity index (χ4v) is 7.99. The molecule has 0 N–H and O–H groups in total.